The third kappa shape index (κ3) is 3.14. The summed E-state index contributed by atoms with van der Waals surface area (Å²) in [6, 6.07) is 13.0. The zero-order valence-electron chi connectivity index (χ0n) is 11.7. The van der Waals surface area contributed by atoms with Gasteiger partial charge in [0.25, 0.3) is 5.91 Å². The third-order valence-corrected chi connectivity index (χ3v) is 3.88. The minimum atomic E-state index is -0.133. The van der Waals surface area contributed by atoms with Gasteiger partial charge in [0, 0.05) is 14.8 Å². The van der Waals surface area contributed by atoms with Gasteiger partial charge in [-0.3, -0.25) is 4.79 Å². The molecule has 0 aliphatic carbocycles. The molecule has 0 atom stereocenters. The standard InChI is InChI=1S/C15H12IN5O/c1-10-8-13(6-7-14(10)21-9-17-19-20-21)18-15(22)11-2-4-12(16)5-3-11/h2-9H,1H3,(H,18,22). The molecule has 0 fully saturated rings. The van der Waals surface area contributed by atoms with Gasteiger partial charge in [-0.2, -0.15) is 0 Å². The fourth-order valence-electron chi connectivity index (χ4n) is 2.07. The Labute approximate surface area is 140 Å². The van der Waals surface area contributed by atoms with Crippen LogP contribution >= 0.6 is 22.6 Å². The summed E-state index contributed by atoms with van der Waals surface area (Å²) in [4.78, 5) is 12.2. The van der Waals surface area contributed by atoms with Gasteiger partial charge in [-0.25, -0.2) is 4.68 Å². The summed E-state index contributed by atoms with van der Waals surface area (Å²) in [5, 5.41) is 14.0. The van der Waals surface area contributed by atoms with Gasteiger partial charge >= 0.3 is 0 Å². The van der Waals surface area contributed by atoms with Crippen LogP contribution in [0.2, 0.25) is 0 Å². The van der Waals surface area contributed by atoms with Gasteiger partial charge in [0.2, 0.25) is 0 Å². The van der Waals surface area contributed by atoms with Gasteiger partial charge < -0.3 is 5.32 Å². The summed E-state index contributed by atoms with van der Waals surface area (Å²) in [5.41, 5.74) is 3.20. The van der Waals surface area contributed by atoms with Gasteiger partial charge in [0.1, 0.15) is 6.33 Å². The molecule has 0 saturated carbocycles. The highest BCUT2D eigenvalue weighted by molar-refractivity contribution is 14.1. The molecule has 0 saturated heterocycles. The molecule has 1 heterocycles. The number of nitrogens with zero attached hydrogens (tertiary/aromatic N) is 4. The van der Waals surface area contributed by atoms with Crippen LogP contribution in [0.25, 0.3) is 5.69 Å². The van der Waals surface area contributed by atoms with E-state index in [2.05, 4.69) is 43.4 Å². The number of nitrogens with one attached hydrogen (secondary N) is 1. The first kappa shape index (κ1) is 14.6. The monoisotopic (exact) mass is 405 g/mol. The molecule has 3 rings (SSSR count). The van der Waals surface area contributed by atoms with E-state index < -0.39 is 0 Å². The van der Waals surface area contributed by atoms with Crippen molar-refractivity contribution in [2.75, 3.05) is 5.32 Å². The summed E-state index contributed by atoms with van der Waals surface area (Å²) in [6.07, 6.45) is 1.53. The molecular formula is C15H12IN5O. The van der Waals surface area contributed by atoms with Crippen molar-refractivity contribution in [3.05, 3.63) is 63.5 Å². The van der Waals surface area contributed by atoms with Gasteiger partial charge in [0.05, 0.1) is 5.69 Å². The molecule has 7 heteroatoms. The molecule has 0 aliphatic rings. The van der Waals surface area contributed by atoms with Crippen molar-refractivity contribution >= 4 is 34.2 Å². The highest BCUT2D eigenvalue weighted by Gasteiger charge is 2.08. The average Bonchev–Trinajstić information content (AvgIpc) is 3.02. The molecule has 1 amide bonds. The average molecular weight is 405 g/mol. The second kappa shape index (κ2) is 6.22. The van der Waals surface area contributed by atoms with E-state index in [1.54, 1.807) is 16.8 Å². The second-order valence-electron chi connectivity index (χ2n) is 4.72. The number of halogens is 1. The molecule has 0 radical (unpaired) electrons. The summed E-state index contributed by atoms with van der Waals surface area (Å²) < 4.78 is 2.68. The third-order valence-electron chi connectivity index (χ3n) is 3.16. The molecular weight excluding hydrogens is 393 g/mol. The van der Waals surface area contributed by atoms with Crippen LogP contribution in [0.1, 0.15) is 15.9 Å². The van der Waals surface area contributed by atoms with E-state index in [-0.39, 0.29) is 5.91 Å². The lowest BCUT2D eigenvalue weighted by Gasteiger charge is -2.09. The molecule has 0 bridgehead atoms. The Morgan fingerprint density at radius 3 is 2.59 bits per heavy atom. The number of aryl methyl sites for hydroxylation is 1. The Balaban J connectivity index is 1.80. The lowest BCUT2D eigenvalue weighted by molar-refractivity contribution is 0.102. The number of carbonyl (C=O) groups is 1. The number of rotatable bonds is 3. The van der Waals surface area contributed by atoms with Crippen LogP contribution in [-0.2, 0) is 0 Å². The molecule has 1 aromatic heterocycles. The summed E-state index contributed by atoms with van der Waals surface area (Å²) in [7, 11) is 0. The molecule has 6 nitrogen and oxygen atoms in total. The number of benzene rings is 2. The fraction of sp³-hybridized carbons (Fsp3) is 0.0667. The van der Waals surface area contributed by atoms with Crippen molar-refractivity contribution in [3.63, 3.8) is 0 Å². The van der Waals surface area contributed by atoms with Crippen molar-refractivity contribution in [1.29, 1.82) is 0 Å². The smallest absolute Gasteiger partial charge is 0.255 e. The molecule has 1 N–H and O–H groups in total. The zero-order valence-corrected chi connectivity index (χ0v) is 13.9. The van der Waals surface area contributed by atoms with Crippen LogP contribution < -0.4 is 5.32 Å². The Hall–Kier alpha value is -2.29. The van der Waals surface area contributed by atoms with Gasteiger partial charge in [-0.15, -0.1) is 5.10 Å². The first-order valence-corrected chi connectivity index (χ1v) is 7.62. The number of carbonyl (C=O) groups excluding carboxylic acids is 1. The number of anilines is 1. The quantitative estimate of drug-likeness (QED) is 0.681. The molecule has 110 valence electrons. The van der Waals surface area contributed by atoms with Crippen LogP contribution in [0.4, 0.5) is 5.69 Å². The topological polar surface area (TPSA) is 72.7 Å². The molecule has 0 aliphatic heterocycles. The zero-order chi connectivity index (χ0) is 15.5. The van der Waals surface area contributed by atoms with E-state index in [4.69, 9.17) is 0 Å². The summed E-state index contributed by atoms with van der Waals surface area (Å²) >= 11 is 2.21. The SMILES string of the molecule is Cc1cc(NC(=O)c2ccc(I)cc2)ccc1-n1cnnn1. The van der Waals surface area contributed by atoms with Crippen LogP contribution in [0.5, 0.6) is 0 Å². The van der Waals surface area contributed by atoms with E-state index in [1.165, 1.54) is 6.33 Å². The first-order valence-electron chi connectivity index (χ1n) is 6.54. The first-order chi connectivity index (χ1) is 10.6. The van der Waals surface area contributed by atoms with Crippen molar-refractivity contribution in [2.24, 2.45) is 0 Å². The molecule has 0 spiro atoms. The molecule has 2 aromatic carbocycles. The minimum absolute atomic E-state index is 0.133. The number of tetrazole rings is 1. The Bertz CT molecular complexity index is 799. The highest BCUT2D eigenvalue weighted by atomic mass is 127. The van der Waals surface area contributed by atoms with Crippen molar-refractivity contribution in [3.8, 4) is 5.69 Å². The predicted octanol–water partition coefficient (Wildman–Crippen LogP) is 2.83. The van der Waals surface area contributed by atoms with E-state index in [0.717, 1.165) is 20.5 Å². The van der Waals surface area contributed by atoms with Crippen molar-refractivity contribution < 1.29 is 4.79 Å². The van der Waals surface area contributed by atoms with Crippen molar-refractivity contribution in [1.82, 2.24) is 20.2 Å². The maximum absolute atomic E-state index is 12.2. The lowest BCUT2D eigenvalue weighted by atomic mass is 10.1. The van der Waals surface area contributed by atoms with Gasteiger partial charge in [-0.05, 0) is 88.0 Å². The van der Waals surface area contributed by atoms with E-state index in [1.807, 2.05) is 37.3 Å². The van der Waals surface area contributed by atoms with Crippen LogP contribution in [0, 0.1) is 10.5 Å². The lowest BCUT2D eigenvalue weighted by Crippen LogP contribution is -2.12. The van der Waals surface area contributed by atoms with E-state index in [0.29, 0.717) is 5.56 Å². The van der Waals surface area contributed by atoms with Crippen molar-refractivity contribution in [2.45, 2.75) is 6.92 Å². The van der Waals surface area contributed by atoms with E-state index in [9.17, 15) is 4.79 Å². The predicted molar refractivity (Wildman–Crippen MR) is 91.0 cm³/mol. The normalized spacial score (nSPS) is 10.5. The van der Waals surface area contributed by atoms with Gasteiger partial charge in [-0.1, -0.05) is 0 Å². The number of hydrogen-bond donors (Lipinski definition) is 1. The molecule has 22 heavy (non-hydrogen) atoms. The van der Waals surface area contributed by atoms with E-state index >= 15 is 0 Å². The molecule has 3 aromatic rings. The number of aromatic nitrogens is 4. The van der Waals surface area contributed by atoms with Gasteiger partial charge in [0.15, 0.2) is 0 Å². The minimum Gasteiger partial charge on any atom is -0.322 e. The van der Waals surface area contributed by atoms with Crippen LogP contribution in [0.3, 0.4) is 0 Å². The summed E-state index contributed by atoms with van der Waals surface area (Å²) in [6.45, 7) is 1.94. The Morgan fingerprint density at radius 1 is 1.18 bits per heavy atom. The maximum Gasteiger partial charge on any atom is 0.255 e. The summed E-state index contributed by atoms with van der Waals surface area (Å²) in [5.74, 6) is -0.133. The van der Waals surface area contributed by atoms with Crippen LogP contribution in [0.15, 0.2) is 48.8 Å². The molecule has 0 unspecified atom stereocenters. The fourth-order valence-corrected chi connectivity index (χ4v) is 2.43. The highest BCUT2D eigenvalue weighted by Crippen LogP contribution is 2.18. The number of hydrogen-bond acceptors (Lipinski definition) is 4. The number of amides is 1. The Morgan fingerprint density at radius 2 is 1.95 bits per heavy atom. The largest absolute Gasteiger partial charge is 0.322 e. The van der Waals surface area contributed by atoms with Crippen LogP contribution in [-0.4, -0.2) is 26.1 Å². The Kier molecular flexibility index (Phi) is 4.14. The second-order valence-corrected chi connectivity index (χ2v) is 5.96. The maximum atomic E-state index is 12.2.